The Labute approximate surface area is 124 Å². The van der Waals surface area contributed by atoms with Gasteiger partial charge in [0, 0.05) is 5.41 Å². The molecule has 0 aliphatic heterocycles. The minimum atomic E-state index is 0.0841. The van der Waals surface area contributed by atoms with Gasteiger partial charge in [0.15, 0.2) is 0 Å². The smallest absolute Gasteiger partial charge is 0.238 e. The van der Waals surface area contributed by atoms with Gasteiger partial charge >= 0.3 is 0 Å². The maximum absolute atomic E-state index is 9.73. The third-order valence-electron chi connectivity index (χ3n) is 4.91. The molecule has 0 atom stereocenters. The van der Waals surface area contributed by atoms with Gasteiger partial charge in [-0.3, -0.25) is 0 Å². The van der Waals surface area contributed by atoms with Gasteiger partial charge in [0.25, 0.3) is 0 Å². The lowest BCUT2D eigenvalue weighted by Crippen LogP contribution is -2.36. The molecule has 0 unspecified atom stereocenters. The molecule has 0 bridgehead atoms. The second kappa shape index (κ2) is 5.03. The number of fused-ring (bicyclic) bond motifs is 1. The molecular weight excluding hydrogens is 262 g/mol. The van der Waals surface area contributed by atoms with E-state index >= 15 is 0 Å². The van der Waals surface area contributed by atoms with Crippen LogP contribution in [0, 0.1) is 11.3 Å². The third kappa shape index (κ3) is 1.90. The molecule has 21 heavy (non-hydrogen) atoms. The zero-order chi connectivity index (χ0) is 15.0. The zero-order valence-corrected chi connectivity index (χ0v) is 12.7. The summed E-state index contributed by atoms with van der Waals surface area (Å²) in [7, 11) is 0. The Kier molecular flexibility index (Phi) is 3.32. The normalized spacial score (nSPS) is 16.6. The van der Waals surface area contributed by atoms with Crippen molar-refractivity contribution in [1.82, 2.24) is 14.6 Å². The highest BCUT2D eigenvalue weighted by Gasteiger charge is 2.42. The van der Waals surface area contributed by atoms with Crippen LogP contribution in [0.1, 0.15) is 62.8 Å². The van der Waals surface area contributed by atoms with E-state index in [1.807, 2.05) is 4.52 Å². The predicted octanol–water partition coefficient (Wildman–Crippen LogP) is 2.97. The summed E-state index contributed by atoms with van der Waals surface area (Å²) in [4.78, 5) is 4.13. The second-order valence-electron chi connectivity index (χ2n) is 5.96. The SMILES string of the molecule is CCCc1c(C#N)c(C2(CC)CCC2)n2nc(N)ncc12. The number of hydrogen-bond donors (Lipinski definition) is 1. The minimum absolute atomic E-state index is 0.0841. The van der Waals surface area contributed by atoms with Crippen molar-refractivity contribution in [2.45, 2.75) is 57.8 Å². The highest BCUT2D eigenvalue weighted by molar-refractivity contribution is 5.66. The Morgan fingerprint density at radius 3 is 2.71 bits per heavy atom. The van der Waals surface area contributed by atoms with Crippen LogP contribution in [0.4, 0.5) is 5.95 Å². The maximum atomic E-state index is 9.73. The fourth-order valence-electron chi connectivity index (χ4n) is 3.59. The van der Waals surface area contributed by atoms with Crippen molar-refractivity contribution >= 4 is 11.5 Å². The topological polar surface area (TPSA) is 80.0 Å². The molecule has 3 rings (SSSR count). The van der Waals surface area contributed by atoms with Gasteiger partial charge in [0.1, 0.15) is 6.07 Å². The van der Waals surface area contributed by atoms with Crippen LogP contribution in [0.15, 0.2) is 6.20 Å². The lowest BCUT2D eigenvalue weighted by molar-refractivity contribution is 0.224. The van der Waals surface area contributed by atoms with Crippen LogP contribution in [0.25, 0.3) is 5.52 Å². The van der Waals surface area contributed by atoms with Gasteiger partial charge in [0.05, 0.1) is 23.0 Å². The molecule has 0 saturated heterocycles. The number of aryl methyl sites for hydroxylation is 1. The molecule has 0 amide bonds. The molecule has 0 spiro atoms. The van der Waals surface area contributed by atoms with Crippen LogP contribution >= 0.6 is 0 Å². The highest BCUT2D eigenvalue weighted by Crippen LogP contribution is 2.48. The van der Waals surface area contributed by atoms with Gasteiger partial charge in [-0.05, 0) is 31.2 Å². The van der Waals surface area contributed by atoms with Gasteiger partial charge in [-0.1, -0.05) is 26.7 Å². The molecule has 110 valence electrons. The molecule has 2 aromatic rings. The highest BCUT2D eigenvalue weighted by atomic mass is 15.3. The first-order valence-corrected chi connectivity index (χ1v) is 7.73. The number of nitrogens with two attached hydrogens (primary N) is 1. The van der Waals surface area contributed by atoms with Crippen LogP contribution in [-0.2, 0) is 11.8 Å². The lowest BCUT2D eigenvalue weighted by atomic mass is 9.64. The summed E-state index contributed by atoms with van der Waals surface area (Å²) in [5, 5.41) is 14.1. The molecule has 1 fully saturated rings. The summed E-state index contributed by atoms with van der Waals surface area (Å²) in [6.07, 6.45) is 8.13. The lowest BCUT2D eigenvalue weighted by Gasteiger charge is -2.41. The number of rotatable bonds is 4. The Morgan fingerprint density at radius 1 is 1.43 bits per heavy atom. The van der Waals surface area contributed by atoms with Crippen molar-refractivity contribution in [1.29, 1.82) is 5.26 Å². The van der Waals surface area contributed by atoms with Gasteiger partial charge in [-0.25, -0.2) is 9.50 Å². The van der Waals surface area contributed by atoms with Crippen molar-refractivity contribution in [3.8, 4) is 6.07 Å². The van der Waals surface area contributed by atoms with E-state index in [4.69, 9.17) is 5.73 Å². The van der Waals surface area contributed by atoms with E-state index in [-0.39, 0.29) is 11.4 Å². The van der Waals surface area contributed by atoms with Crippen LogP contribution in [-0.4, -0.2) is 14.6 Å². The zero-order valence-electron chi connectivity index (χ0n) is 12.7. The first-order valence-electron chi connectivity index (χ1n) is 7.73. The molecule has 2 N–H and O–H groups in total. The number of hydrogen-bond acceptors (Lipinski definition) is 4. The Balaban J connectivity index is 2.36. The van der Waals surface area contributed by atoms with Gasteiger partial charge < -0.3 is 5.73 Å². The average Bonchev–Trinajstić information content (AvgIpc) is 2.73. The third-order valence-corrected chi connectivity index (χ3v) is 4.91. The monoisotopic (exact) mass is 283 g/mol. The Bertz CT molecular complexity index is 713. The second-order valence-corrected chi connectivity index (χ2v) is 5.96. The number of nitrogens with zero attached hydrogens (tertiary/aromatic N) is 4. The van der Waals surface area contributed by atoms with Crippen molar-refractivity contribution < 1.29 is 0 Å². The molecule has 2 heterocycles. The molecular formula is C16H21N5. The first kappa shape index (κ1) is 13.9. The average molecular weight is 283 g/mol. The standard InChI is InChI=1S/C16H21N5/c1-3-6-11-12(9-17)14(16(4-2)7-5-8-16)21-13(11)10-19-15(18)20-21/h10H,3-8H2,1-2H3,(H2,18,20). The van der Waals surface area contributed by atoms with Crippen LogP contribution < -0.4 is 5.73 Å². The molecule has 1 aliphatic carbocycles. The van der Waals surface area contributed by atoms with Gasteiger partial charge in [0.2, 0.25) is 5.95 Å². The van der Waals surface area contributed by atoms with Crippen molar-refractivity contribution in [2.24, 2.45) is 0 Å². The molecule has 2 aromatic heterocycles. The van der Waals surface area contributed by atoms with E-state index in [2.05, 4.69) is 30.0 Å². The number of aromatic nitrogens is 3. The van der Waals surface area contributed by atoms with Gasteiger partial charge in [-0.2, -0.15) is 5.26 Å². The maximum Gasteiger partial charge on any atom is 0.238 e. The predicted molar refractivity (Wildman–Crippen MR) is 81.9 cm³/mol. The fourth-order valence-corrected chi connectivity index (χ4v) is 3.59. The number of anilines is 1. The summed E-state index contributed by atoms with van der Waals surface area (Å²) in [5.74, 6) is 0.261. The summed E-state index contributed by atoms with van der Waals surface area (Å²) in [5.41, 5.74) is 9.76. The summed E-state index contributed by atoms with van der Waals surface area (Å²) in [6.45, 7) is 4.32. The van der Waals surface area contributed by atoms with E-state index in [0.717, 1.165) is 54.4 Å². The van der Waals surface area contributed by atoms with Crippen LogP contribution in [0.3, 0.4) is 0 Å². The largest absolute Gasteiger partial charge is 0.367 e. The first-order chi connectivity index (χ1) is 10.2. The van der Waals surface area contributed by atoms with Crippen LogP contribution in [0.2, 0.25) is 0 Å². The van der Waals surface area contributed by atoms with E-state index in [1.165, 1.54) is 6.42 Å². The van der Waals surface area contributed by atoms with Crippen LogP contribution in [0.5, 0.6) is 0 Å². The van der Waals surface area contributed by atoms with Crippen molar-refractivity contribution in [3.05, 3.63) is 23.0 Å². The summed E-state index contributed by atoms with van der Waals surface area (Å²) >= 11 is 0. The van der Waals surface area contributed by atoms with E-state index in [0.29, 0.717) is 0 Å². The van der Waals surface area contributed by atoms with E-state index < -0.39 is 0 Å². The molecule has 0 aromatic carbocycles. The summed E-state index contributed by atoms with van der Waals surface area (Å²) in [6, 6.07) is 2.44. The van der Waals surface area contributed by atoms with E-state index in [9.17, 15) is 5.26 Å². The quantitative estimate of drug-likeness (QED) is 0.935. The van der Waals surface area contributed by atoms with Crippen molar-refractivity contribution in [3.63, 3.8) is 0 Å². The fraction of sp³-hybridized carbons (Fsp3) is 0.562. The number of nitrogen functional groups attached to an aromatic ring is 1. The van der Waals surface area contributed by atoms with E-state index in [1.54, 1.807) is 6.20 Å². The molecule has 5 nitrogen and oxygen atoms in total. The molecule has 1 aliphatic rings. The van der Waals surface area contributed by atoms with Gasteiger partial charge in [-0.15, -0.1) is 5.10 Å². The Hall–Kier alpha value is -2.09. The Morgan fingerprint density at radius 2 is 2.19 bits per heavy atom. The molecule has 0 radical (unpaired) electrons. The molecule has 5 heteroatoms. The number of nitriles is 1. The summed E-state index contributed by atoms with van der Waals surface area (Å²) < 4.78 is 1.90. The minimum Gasteiger partial charge on any atom is -0.367 e. The van der Waals surface area contributed by atoms with Crippen molar-refractivity contribution in [2.75, 3.05) is 5.73 Å². The molecule has 1 saturated carbocycles.